The molecule has 2 rings (SSSR count). The first-order valence-electron chi connectivity index (χ1n) is 5.70. The van der Waals surface area contributed by atoms with Crippen molar-refractivity contribution in [2.75, 3.05) is 20.2 Å². The second-order valence-electron chi connectivity index (χ2n) is 4.14. The zero-order valence-corrected chi connectivity index (χ0v) is 10.8. The molecule has 1 aromatic carbocycles. The van der Waals surface area contributed by atoms with E-state index in [1.165, 1.54) is 25.5 Å². The number of piperidine rings is 1. The molecule has 1 fully saturated rings. The molecule has 1 aromatic rings. The van der Waals surface area contributed by atoms with Crippen molar-refractivity contribution >= 4 is 18.4 Å². The Morgan fingerprint density at radius 3 is 2.35 bits per heavy atom. The van der Waals surface area contributed by atoms with E-state index < -0.39 is 0 Å². The normalized spacial score (nSPS) is 16.1. The van der Waals surface area contributed by atoms with Crippen LogP contribution in [0.15, 0.2) is 24.3 Å². The molecule has 0 radical (unpaired) electrons. The van der Waals surface area contributed by atoms with Gasteiger partial charge in [0.05, 0.1) is 12.7 Å². The molecule has 3 nitrogen and oxygen atoms in total. The standard InChI is InChI=1S/C13H17NO2.ClH/c1-16-13(15)12-4-2-10(3-5-12)11-6-8-14-9-7-11;/h2-5,11,14H,6-9H2,1H3;1H. The topological polar surface area (TPSA) is 38.3 Å². The van der Waals surface area contributed by atoms with Crippen LogP contribution < -0.4 is 5.32 Å². The molecule has 0 aromatic heterocycles. The van der Waals surface area contributed by atoms with Crippen LogP contribution in [-0.2, 0) is 4.74 Å². The van der Waals surface area contributed by atoms with Gasteiger partial charge >= 0.3 is 5.97 Å². The second kappa shape index (κ2) is 6.62. The van der Waals surface area contributed by atoms with E-state index in [-0.39, 0.29) is 18.4 Å². The first-order chi connectivity index (χ1) is 7.81. The lowest BCUT2D eigenvalue weighted by molar-refractivity contribution is 0.0600. The fourth-order valence-electron chi connectivity index (χ4n) is 2.16. The lowest BCUT2D eigenvalue weighted by atomic mass is 9.90. The van der Waals surface area contributed by atoms with Crippen LogP contribution in [0.4, 0.5) is 0 Å². The maximum Gasteiger partial charge on any atom is 0.337 e. The van der Waals surface area contributed by atoms with Crippen LogP contribution in [0.25, 0.3) is 0 Å². The summed E-state index contributed by atoms with van der Waals surface area (Å²) in [5.74, 6) is 0.366. The highest BCUT2D eigenvalue weighted by Crippen LogP contribution is 2.25. The van der Waals surface area contributed by atoms with Gasteiger partial charge in [0, 0.05) is 0 Å². The van der Waals surface area contributed by atoms with Crippen LogP contribution in [0.1, 0.15) is 34.7 Å². The van der Waals surface area contributed by atoms with Gasteiger partial charge in [0.25, 0.3) is 0 Å². The molecule has 1 heterocycles. The first-order valence-corrected chi connectivity index (χ1v) is 5.70. The van der Waals surface area contributed by atoms with Gasteiger partial charge in [-0.2, -0.15) is 0 Å². The number of ether oxygens (including phenoxy) is 1. The number of methoxy groups -OCH3 is 1. The zero-order chi connectivity index (χ0) is 11.4. The summed E-state index contributed by atoms with van der Waals surface area (Å²) in [5.41, 5.74) is 1.95. The van der Waals surface area contributed by atoms with Crippen LogP contribution in [0.2, 0.25) is 0 Å². The Kier molecular flexibility index (Phi) is 5.45. The molecule has 17 heavy (non-hydrogen) atoms. The van der Waals surface area contributed by atoms with E-state index in [0.717, 1.165) is 13.1 Å². The highest BCUT2D eigenvalue weighted by Gasteiger charge is 2.15. The van der Waals surface area contributed by atoms with E-state index in [2.05, 4.69) is 10.1 Å². The number of carbonyl (C=O) groups is 1. The van der Waals surface area contributed by atoms with E-state index in [0.29, 0.717) is 11.5 Å². The van der Waals surface area contributed by atoms with Crippen LogP contribution in [-0.4, -0.2) is 26.2 Å². The van der Waals surface area contributed by atoms with E-state index in [9.17, 15) is 4.79 Å². The molecule has 0 aliphatic carbocycles. The van der Waals surface area contributed by atoms with Gasteiger partial charge in [-0.15, -0.1) is 12.4 Å². The average molecular weight is 256 g/mol. The molecule has 0 atom stereocenters. The quantitative estimate of drug-likeness (QED) is 0.825. The van der Waals surface area contributed by atoms with Crippen LogP contribution in [0, 0.1) is 0 Å². The van der Waals surface area contributed by atoms with Gasteiger partial charge < -0.3 is 10.1 Å². The van der Waals surface area contributed by atoms with Crippen molar-refractivity contribution in [3.63, 3.8) is 0 Å². The Morgan fingerprint density at radius 1 is 1.24 bits per heavy atom. The van der Waals surface area contributed by atoms with E-state index in [1.807, 2.05) is 24.3 Å². The Bertz CT molecular complexity index is 358. The molecule has 94 valence electrons. The Balaban J connectivity index is 0.00000144. The Hall–Kier alpha value is -1.06. The van der Waals surface area contributed by atoms with Crippen molar-refractivity contribution < 1.29 is 9.53 Å². The van der Waals surface area contributed by atoms with Crippen molar-refractivity contribution in [1.82, 2.24) is 5.32 Å². The van der Waals surface area contributed by atoms with Gasteiger partial charge in [0.1, 0.15) is 0 Å². The van der Waals surface area contributed by atoms with Crippen molar-refractivity contribution in [2.24, 2.45) is 0 Å². The molecule has 4 heteroatoms. The molecule has 1 saturated heterocycles. The lowest BCUT2D eigenvalue weighted by Crippen LogP contribution is -2.26. The monoisotopic (exact) mass is 255 g/mol. The fraction of sp³-hybridized carbons (Fsp3) is 0.462. The molecular weight excluding hydrogens is 238 g/mol. The number of esters is 1. The molecule has 0 bridgehead atoms. The van der Waals surface area contributed by atoms with Crippen LogP contribution in [0.5, 0.6) is 0 Å². The minimum Gasteiger partial charge on any atom is -0.465 e. The number of hydrogen-bond acceptors (Lipinski definition) is 3. The number of hydrogen-bond donors (Lipinski definition) is 1. The lowest BCUT2D eigenvalue weighted by Gasteiger charge is -2.22. The van der Waals surface area contributed by atoms with Gasteiger partial charge in [-0.05, 0) is 49.5 Å². The highest BCUT2D eigenvalue weighted by atomic mass is 35.5. The molecule has 1 aliphatic rings. The van der Waals surface area contributed by atoms with Crippen LogP contribution >= 0.6 is 12.4 Å². The largest absolute Gasteiger partial charge is 0.465 e. The summed E-state index contributed by atoms with van der Waals surface area (Å²) in [5, 5.41) is 3.35. The predicted octanol–water partition coefficient (Wildman–Crippen LogP) is 2.36. The van der Waals surface area contributed by atoms with E-state index in [1.54, 1.807) is 0 Å². The molecule has 1 N–H and O–H groups in total. The highest BCUT2D eigenvalue weighted by molar-refractivity contribution is 5.89. The third-order valence-electron chi connectivity index (χ3n) is 3.14. The van der Waals surface area contributed by atoms with Gasteiger partial charge in [0.2, 0.25) is 0 Å². The smallest absolute Gasteiger partial charge is 0.337 e. The number of halogens is 1. The summed E-state index contributed by atoms with van der Waals surface area (Å²) >= 11 is 0. The number of carbonyl (C=O) groups excluding carboxylic acids is 1. The molecule has 0 saturated carbocycles. The Morgan fingerprint density at radius 2 is 1.82 bits per heavy atom. The van der Waals surface area contributed by atoms with Crippen LogP contribution in [0.3, 0.4) is 0 Å². The first kappa shape index (κ1) is 14.0. The van der Waals surface area contributed by atoms with Crippen molar-refractivity contribution in [1.29, 1.82) is 0 Å². The predicted molar refractivity (Wildman–Crippen MR) is 69.9 cm³/mol. The molecule has 0 amide bonds. The average Bonchev–Trinajstić information content (AvgIpc) is 2.39. The van der Waals surface area contributed by atoms with E-state index in [4.69, 9.17) is 0 Å². The van der Waals surface area contributed by atoms with Crippen molar-refractivity contribution in [3.8, 4) is 0 Å². The summed E-state index contributed by atoms with van der Waals surface area (Å²) in [6, 6.07) is 7.79. The Labute approximate surface area is 108 Å². The molecular formula is C13H18ClNO2. The minimum atomic E-state index is -0.267. The zero-order valence-electron chi connectivity index (χ0n) is 9.94. The van der Waals surface area contributed by atoms with Gasteiger partial charge in [-0.3, -0.25) is 0 Å². The van der Waals surface area contributed by atoms with Gasteiger partial charge in [-0.25, -0.2) is 4.79 Å². The SMILES string of the molecule is COC(=O)c1ccc(C2CCNCC2)cc1.Cl. The summed E-state index contributed by atoms with van der Waals surface area (Å²) < 4.78 is 4.67. The minimum absolute atomic E-state index is 0. The van der Waals surface area contributed by atoms with Crippen molar-refractivity contribution in [3.05, 3.63) is 35.4 Å². The third-order valence-corrected chi connectivity index (χ3v) is 3.14. The van der Waals surface area contributed by atoms with E-state index >= 15 is 0 Å². The third kappa shape index (κ3) is 3.45. The number of nitrogens with one attached hydrogen (secondary N) is 1. The molecule has 0 unspecified atom stereocenters. The molecule has 0 spiro atoms. The van der Waals surface area contributed by atoms with Gasteiger partial charge in [0.15, 0.2) is 0 Å². The number of benzene rings is 1. The second-order valence-corrected chi connectivity index (χ2v) is 4.14. The molecule has 1 aliphatic heterocycles. The fourth-order valence-corrected chi connectivity index (χ4v) is 2.16. The van der Waals surface area contributed by atoms with Crippen molar-refractivity contribution in [2.45, 2.75) is 18.8 Å². The maximum absolute atomic E-state index is 11.3. The summed E-state index contributed by atoms with van der Waals surface area (Å²) in [6.07, 6.45) is 2.36. The summed E-state index contributed by atoms with van der Waals surface area (Å²) in [7, 11) is 1.41. The summed E-state index contributed by atoms with van der Waals surface area (Å²) in [4.78, 5) is 11.3. The van der Waals surface area contributed by atoms with Gasteiger partial charge in [-0.1, -0.05) is 12.1 Å². The summed E-state index contributed by atoms with van der Waals surface area (Å²) in [6.45, 7) is 2.17. The number of rotatable bonds is 2. The maximum atomic E-state index is 11.3.